The Balaban J connectivity index is 1.39. The van der Waals surface area contributed by atoms with Crippen LogP contribution in [0.25, 0.3) is 11.1 Å². The van der Waals surface area contributed by atoms with Gasteiger partial charge in [0.05, 0.1) is 11.3 Å². The molecule has 2 unspecified atom stereocenters. The predicted octanol–water partition coefficient (Wildman–Crippen LogP) is 4.70. The highest BCUT2D eigenvalue weighted by Crippen LogP contribution is 2.44. The van der Waals surface area contributed by atoms with Gasteiger partial charge in [0.25, 0.3) is 0 Å². The van der Waals surface area contributed by atoms with Gasteiger partial charge in [-0.3, -0.25) is 9.59 Å². The summed E-state index contributed by atoms with van der Waals surface area (Å²) in [5, 5.41) is 15.1. The summed E-state index contributed by atoms with van der Waals surface area (Å²) in [4.78, 5) is 37.2. The number of rotatable bonds is 7. The lowest BCUT2D eigenvalue weighted by atomic mass is 9.91. The molecule has 3 N–H and O–H groups in total. The van der Waals surface area contributed by atoms with Crippen LogP contribution in [0.3, 0.4) is 0 Å². The molecule has 1 fully saturated rings. The summed E-state index contributed by atoms with van der Waals surface area (Å²) in [5.74, 6) is -1.63. The van der Waals surface area contributed by atoms with Crippen molar-refractivity contribution >= 4 is 18.0 Å². The van der Waals surface area contributed by atoms with Crippen LogP contribution in [0.1, 0.15) is 63.0 Å². The van der Waals surface area contributed by atoms with Crippen LogP contribution >= 0.6 is 0 Å². The molecule has 0 heterocycles. The molecule has 7 heteroatoms. The highest BCUT2D eigenvalue weighted by Gasteiger charge is 2.34. The second kappa shape index (κ2) is 10.5. The molecular formula is C28H34N2O5. The zero-order valence-electron chi connectivity index (χ0n) is 20.4. The zero-order chi connectivity index (χ0) is 25.0. The Labute approximate surface area is 206 Å². The number of carboxylic acids is 1. The van der Waals surface area contributed by atoms with E-state index in [1.807, 2.05) is 24.3 Å². The van der Waals surface area contributed by atoms with Crippen LogP contribution in [0, 0.1) is 11.3 Å². The second-order valence-electron chi connectivity index (χ2n) is 10.2. The lowest BCUT2D eigenvalue weighted by Gasteiger charge is -2.27. The molecule has 0 spiro atoms. The summed E-state index contributed by atoms with van der Waals surface area (Å²) in [6.07, 6.45) is 3.61. The molecular weight excluding hydrogens is 444 g/mol. The maximum atomic E-state index is 13.0. The van der Waals surface area contributed by atoms with E-state index in [2.05, 4.69) is 34.9 Å². The first-order valence-corrected chi connectivity index (χ1v) is 12.4. The number of fused-ring (bicyclic) bond motifs is 3. The summed E-state index contributed by atoms with van der Waals surface area (Å²) in [6.45, 7) is 3.41. The summed E-state index contributed by atoms with van der Waals surface area (Å²) in [6, 6.07) is 16.0. The topological polar surface area (TPSA) is 105 Å². The van der Waals surface area contributed by atoms with Gasteiger partial charge in [0.15, 0.2) is 0 Å². The molecule has 7 nitrogen and oxygen atoms in total. The fourth-order valence-corrected chi connectivity index (χ4v) is 5.10. The number of carbonyl (C=O) groups is 3. The van der Waals surface area contributed by atoms with Crippen LogP contribution in [-0.2, 0) is 14.3 Å². The lowest BCUT2D eigenvalue weighted by molar-refractivity contribution is -0.146. The molecule has 2 atom stereocenters. The van der Waals surface area contributed by atoms with Crippen LogP contribution in [0.4, 0.5) is 4.79 Å². The minimum atomic E-state index is -1.06. The van der Waals surface area contributed by atoms with Gasteiger partial charge in [-0.15, -0.1) is 0 Å². The molecule has 0 bridgehead atoms. The summed E-state index contributed by atoms with van der Waals surface area (Å²) in [5.41, 5.74) is 3.57. The lowest BCUT2D eigenvalue weighted by Crippen LogP contribution is -2.49. The largest absolute Gasteiger partial charge is 0.481 e. The molecule has 2 aliphatic rings. The van der Waals surface area contributed by atoms with Crippen molar-refractivity contribution in [2.75, 3.05) is 13.2 Å². The Morgan fingerprint density at radius 1 is 0.943 bits per heavy atom. The van der Waals surface area contributed by atoms with E-state index < -0.39 is 23.4 Å². The Bertz CT molecular complexity index is 1050. The summed E-state index contributed by atoms with van der Waals surface area (Å²) < 4.78 is 5.70. The fraction of sp³-hybridized carbons (Fsp3) is 0.464. The highest BCUT2D eigenvalue weighted by atomic mass is 16.5. The summed E-state index contributed by atoms with van der Waals surface area (Å²) in [7, 11) is 0. The normalized spacial score (nSPS) is 19.7. The van der Waals surface area contributed by atoms with Crippen molar-refractivity contribution in [1.82, 2.24) is 10.6 Å². The van der Waals surface area contributed by atoms with Gasteiger partial charge < -0.3 is 20.5 Å². The average molecular weight is 479 g/mol. The third-order valence-electron chi connectivity index (χ3n) is 7.28. The van der Waals surface area contributed by atoms with Crippen LogP contribution < -0.4 is 10.6 Å². The molecule has 2 amide bonds. The average Bonchev–Trinajstić information content (AvgIpc) is 2.97. The van der Waals surface area contributed by atoms with Crippen LogP contribution in [-0.4, -0.2) is 42.3 Å². The second-order valence-corrected chi connectivity index (χ2v) is 10.2. The van der Waals surface area contributed by atoms with E-state index in [1.165, 1.54) is 11.1 Å². The first-order chi connectivity index (χ1) is 16.8. The third kappa shape index (κ3) is 5.50. The van der Waals surface area contributed by atoms with E-state index >= 15 is 0 Å². The molecule has 35 heavy (non-hydrogen) atoms. The number of ether oxygens (including phenoxy) is 1. The van der Waals surface area contributed by atoms with E-state index in [0.717, 1.165) is 30.4 Å². The number of carboxylic acid groups (broad SMARTS) is 1. The molecule has 2 aliphatic carbocycles. The molecule has 0 aliphatic heterocycles. The molecule has 186 valence electrons. The van der Waals surface area contributed by atoms with Gasteiger partial charge >= 0.3 is 12.1 Å². The van der Waals surface area contributed by atoms with Crippen LogP contribution in [0.5, 0.6) is 0 Å². The molecule has 2 aromatic carbocycles. The van der Waals surface area contributed by atoms with E-state index in [-0.39, 0.29) is 31.0 Å². The standard InChI is InChI=1S/C28H34N2O5/c1-28(2,26(32)33)17-29-25(31)22-14-4-3-5-15-24(22)30-27(34)35-16-23-20-12-8-6-10-18(20)19-11-7-9-13-21(19)23/h6-13,22-24H,3-5,14-17H2,1-2H3,(H,29,31)(H,30,34)(H,32,33). The van der Waals surface area contributed by atoms with Crippen molar-refractivity contribution in [3.05, 3.63) is 59.7 Å². The van der Waals surface area contributed by atoms with E-state index in [0.29, 0.717) is 12.8 Å². The Morgan fingerprint density at radius 2 is 1.54 bits per heavy atom. The third-order valence-corrected chi connectivity index (χ3v) is 7.28. The number of hydrogen-bond acceptors (Lipinski definition) is 4. The molecule has 4 rings (SSSR count). The van der Waals surface area contributed by atoms with Crippen molar-refractivity contribution in [2.45, 2.75) is 57.9 Å². The monoisotopic (exact) mass is 478 g/mol. The van der Waals surface area contributed by atoms with Gasteiger partial charge in [-0.25, -0.2) is 4.79 Å². The number of amides is 2. The number of nitrogens with one attached hydrogen (secondary N) is 2. The first kappa shape index (κ1) is 24.8. The van der Waals surface area contributed by atoms with Crippen molar-refractivity contribution < 1.29 is 24.2 Å². The van der Waals surface area contributed by atoms with Gasteiger partial charge in [-0.2, -0.15) is 0 Å². The number of alkyl carbamates (subject to hydrolysis) is 1. The van der Waals surface area contributed by atoms with Crippen molar-refractivity contribution in [2.24, 2.45) is 11.3 Å². The van der Waals surface area contributed by atoms with Gasteiger partial charge in [-0.1, -0.05) is 67.8 Å². The van der Waals surface area contributed by atoms with Gasteiger partial charge in [0, 0.05) is 18.5 Å². The Morgan fingerprint density at radius 3 is 2.17 bits per heavy atom. The predicted molar refractivity (Wildman–Crippen MR) is 133 cm³/mol. The number of carbonyl (C=O) groups excluding carboxylic acids is 2. The Kier molecular flexibility index (Phi) is 7.43. The summed E-state index contributed by atoms with van der Waals surface area (Å²) >= 11 is 0. The first-order valence-electron chi connectivity index (χ1n) is 12.4. The number of aliphatic carboxylic acids is 1. The Hall–Kier alpha value is -3.35. The molecule has 2 aromatic rings. The van der Waals surface area contributed by atoms with Gasteiger partial charge in [0.1, 0.15) is 6.61 Å². The highest BCUT2D eigenvalue weighted by molar-refractivity contribution is 5.82. The van der Waals surface area contributed by atoms with Crippen molar-refractivity contribution in [3.63, 3.8) is 0 Å². The maximum absolute atomic E-state index is 13.0. The van der Waals surface area contributed by atoms with E-state index in [1.54, 1.807) is 13.8 Å². The molecule has 0 saturated heterocycles. The SMILES string of the molecule is CC(C)(CNC(=O)C1CCCCCC1NC(=O)OCC1c2ccccc2-c2ccccc21)C(=O)O. The number of benzene rings is 2. The maximum Gasteiger partial charge on any atom is 0.407 e. The van der Waals surface area contributed by atoms with Gasteiger partial charge in [-0.05, 0) is 48.9 Å². The van der Waals surface area contributed by atoms with Crippen LogP contribution in [0.15, 0.2) is 48.5 Å². The molecule has 0 aromatic heterocycles. The number of hydrogen-bond donors (Lipinski definition) is 3. The molecule has 1 saturated carbocycles. The van der Waals surface area contributed by atoms with Crippen molar-refractivity contribution in [3.8, 4) is 11.1 Å². The minimum Gasteiger partial charge on any atom is -0.481 e. The van der Waals surface area contributed by atoms with E-state index in [4.69, 9.17) is 4.74 Å². The quantitative estimate of drug-likeness (QED) is 0.500. The van der Waals surface area contributed by atoms with Crippen LogP contribution in [0.2, 0.25) is 0 Å². The smallest absolute Gasteiger partial charge is 0.407 e. The van der Waals surface area contributed by atoms with E-state index in [9.17, 15) is 19.5 Å². The van der Waals surface area contributed by atoms with Gasteiger partial charge in [0.2, 0.25) is 5.91 Å². The van der Waals surface area contributed by atoms with Crippen molar-refractivity contribution in [1.29, 1.82) is 0 Å². The molecule has 0 radical (unpaired) electrons. The fourth-order valence-electron chi connectivity index (χ4n) is 5.10. The zero-order valence-corrected chi connectivity index (χ0v) is 20.4. The minimum absolute atomic E-state index is 0.0281.